The van der Waals surface area contributed by atoms with Gasteiger partial charge in [-0.25, -0.2) is 4.79 Å². The predicted octanol–water partition coefficient (Wildman–Crippen LogP) is 2.99. The van der Waals surface area contributed by atoms with E-state index in [0.29, 0.717) is 17.3 Å². The number of thioether (sulfide) groups is 1. The average molecular weight is 361 g/mol. The van der Waals surface area contributed by atoms with Crippen molar-refractivity contribution in [3.05, 3.63) is 54.0 Å². The molecule has 1 fully saturated rings. The first kappa shape index (κ1) is 17.4. The van der Waals surface area contributed by atoms with Crippen LogP contribution in [0, 0.1) is 0 Å². The van der Waals surface area contributed by atoms with Gasteiger partial charge in [-0.2, -0.15) is 0 Å². The maximum atomic E-state index is 12.5. The number of rotatable bonds is 5. The van der Waals surface area contributed by atoms with Crippen molar-refractivity contribution >= 4 is 23.6 Å². The van der Waals surface area contributed by atoms with Crippen LogP contribution in [0.4, 0.5) is 0 Å². The summed E-state index contributed by atoms with van der Waals surface area (Å²) >= 11 is 1.49. The number of furan rings is 1. The molecular formula is C18H19NO5S. The predicted molar refractivity (Wildman–Crippen MR) is 93.0 cm³/mol. The van der Waals surface area contributed by atoms with Gasteiger partial charge in [-0.15, -0.1) is 11.8 Å². The number of carbonyl (C=O) groups is 2. The molecule has 1 aromatic carbocycles. The molecule has 1 amide bonds. The maximum Gasteiger partial charge on any atom is 0.330 e. The lowest BCUT2D eigenvalue weighted by molar-refractivity contribution is -0.154. The third kappa shape index (κ3) is 3.66. The molecule has 1 aliphatic heterocycles. The minimum atomic E-state index is -0.632. The van der Waals surface area contributed by atoms with Gasteiger partial charge in [0.05, 0.1) is 13.4 Å². The Morgan fingerprint density at radius 2 is 2.08 bits per heavy atom. The zero-order chi connectivity index (χ0) is 17.8. The second-order valence-corrected chi connectivity index (χ2v) is 6.68. The fourth-order valence-corrected chi connectivity index (χ4v) is 4.21. The molecule has 1 saturated heterocycles. The van der Waals surface area contributed by atoms with Crippen LogP contribution in [-0.2, 0) is 20.9 Å². The van der Waals surface area contributed by atoms with E-state index in [0.717, 1.165) is 5.56 Å². The lowest BCUT2D eigenvalue weighted by atomic mass is 10.2. The van der Waals surface area contributed by atoms with Crippen molar-refractivity contribution in [2.24, 2.45) is 0 Å². The standard InChI is InChI=1S/C18H19NO5S/c1-12(20)19-14(11-25-17(19)16-8-5-9-23-16)18(21)24-10-13-6-3-4-7-15(13)22-2/h3-9,14,17H,10-11H2,1-2H3/t14-,17-/m1/s1. The Kier molecular flexibility index (Phi) is 5.33. The molecule has 1 aromatic heterocycles. The van der Waals surface area contributed by atoms with Crippen molar-refractivity contribution < 1.29 is 23.5 Å². The van der Waals surface area contributed by atoms with E-state index in [1.54, 1.807) is 25.5 Å². The Morgan fingerprint density at radius 1 is 1.28 bits per heavy atom. The van der Waals surface area contributed by atoms with Crippen LogP contribution in [0.25, 0.3) is 0 Å². The minimum Gasteiger partial charge on any atom is -0.496 e. The Morgan fingerprint density at radius 3 is 2.76 bits per heavy atom. The number of nitrogens with zero attached hydrogens (tertiary/aromatic N) is 1. The van der Waals surface area contributed by atoms with Crippen LogP contribution < -0.4 is 4.74 Å². The maximum absolute atomic E-state index is 12.5. The van der Waals surface area contributed by atoms with Crippen molar-refractivity contribution in [2.75, 3.05) is 12.9 Å². The molecule has 0 bridgehead atoms. The van der Waals surface area contributed by atoms with Crippen LogP contribution in [0.15, 0.2) is 47.1 Å². The summed E-state index contributed by atoms with van der Waals surface area (Å²) in [4.78, 5) is 26.2. The molecule has 0 unspecified atom stereocenters. The monoisotopic (exact) mass is 361 g/mol. The molecule has 3 rings (SSSR count). The van der Waals surface area contributed by atoms with Gasteiger partial charge in [-0.1, -0.05) is 18.2 Å². The third-order valence-corrected chi connectivity index (χ3v) is 5.27. The summed E-state index contributed by atoms with van der Waals surface area (Å²) in [5, 5.41) is -0.309. The number of para-hydroxylation sites is 1. The van der Waals surface area contributed by atoms with Gasteiger partial charge in [-0.3, -0.25) is 4.79 Å². The smallest absolute Gasteiger partial charge is 0.330 e. The molecule has 6 nitrogen and oxygen atoms in total. The zero-order valence-corrected chi connectivity index (χ0v) is 14.8. The molecule has 7 heteroatoms. The van der Waals surface area contributed by atoms with Gasteiger partial charge >= 0.3 is 5.97 Å². The Bertz CT molecular complexity index is 746. The van der Waals surface area contributed by atoms with Crippen molar-refractivity contribution in [2.45, 2.75) is 24.9 Å². The molecule has 2 atom stereocenters. The highest BCUT2D eigenvalue weighted by Crippen LogP contribution is 2.41. The number of esters is 1. The normalized spacial score (nSPS) is 19.7. The number of carbonyl (C=O) groups excluding carboxylic acids is 2. The second-order valence-electron chi connectivity index (χ2n) is 5.56. The highest BCUT2D eigenvalue weighted by atomic mass is 32.2. The summed E-state index contributed by atoms with van der Waals surface area (Å²) in [6.07, 6.45) is 1.56. The highest BCUT2D eigenvalue weighted by molar-refractivity contribution is 7.99. The van der Waals surface area contributed by atoms with E-state index < -0.39 is 12.0 Å². The van der Waals surface area contributed by atoms with Crippen LogP contribution in [-0.4, -0.2) is 35.7 Å². The van der Waals surface area contributed by atoms with Gasteiger partial charge in [0.25, 0.3) is 0 Å². The van der Waals surface area contributed by atoms with Crippen LogP contribution in [0.2, 0.25) is 0 Å². The number of ether oxygens (including phenoxy) is 2. The molecule has 0 aliphatic carbocycles. The lowest BCUT2D eigenvalue weighted by Crippen LogP contribution is -2.42. The topological polar surface area (TPSA) is 69.0 Å². The van der Waals surface area contributed by atoms with Crippen LogP contribution in [0.3, 0.4) is 0 Å². The number of amides is 1. The SMILES string of the molecule is COc1ccccc1COC(=O)[C@H]1CS[C@H](c2ccco2)N1C(C)=O. The summed E-state index contributed by atoms with van der Waals surface area (Å²) in [7, 11) is 1.57. The molecule has 0 N–H and O–H groups in total. The van der Waals surface area contributed by atoms with Crippen LogP contribution >= 0.6 is 11.8 Å². The first-order valence-corrected chi connectivity index (χ1v) is 8.89. The number of hydrogen-bond acceptors (Lipinski definition) is 6. The Balaban J connectivity index is 1.70. The van der Waals surface area contributed by atoms with Gasteiger partial charge in [0, 0.05) is 18.2 Å². The van der Waals surface area contributed by atoms with E-state index in [1.807, 2.05) is 24.3 Å². The lowest BCUT2D eigenvalue weighted by Gasteiger charge is -2.25. The quantitative estimate of drug-likeness (QED) is 0.763. The van der Waals surface area contributed by atoms with E-state index in [4.69, 9.17) is 13.9 Å². The average Bonchev–Trinajstić information content (AvgIpc) is 3.28. The van der Waals surface area contributed by atoms with Gasteiger partial charge in [-0.05, 0) is 18.2 Å². The number of hydrogen-bond donors (Lipinski definition) is 0. The van der Waals surface area contributed by atoms with Crippen molar-refractivity contribution in [1.29, 1.82) is 0 Å². The highest BCUT2D eigenvalue weighted by Gasteiger charge is 2.43. The molecule has 0 radical (unpaired) electrons. The molecule has 0 spiro atoms. The van der Waals surface area contributed by atoms with E-state index in [2.05, 4.69) is 0 Å². The van der Waals surface area contributed by atoms with Crippen molar-refractivity contribution in [3.8, 4) is 5.75 Å². The molecule has 25 heavy (non-hydrogen) atoms. The fraction of sp³-hybridized carbons (Fsp3) is 0.333. The van der Waals surface area contributed by atoms with Gasteiger partial charge in [0.15, 0.2) is 0 Å². The molecule has 1 aliphatic rings. The van der Waals surface area contributed by atoms with Gasteiger partial charge in [0.2, 0.25) is 5.91 Å². The van der Waals surface area contributed by atoms with Crippen LogP contribution in [0.5, 0.6) is 5.75 Å². The van der Waals surface area contributed by atoms with E-state index in [9.17, 15) is 9.59 Å². The summed E-state index contributed by atoms with van der Waals surface area (Å²) in [6, 6.07) is 10.3. The van der Waals surface area contributed by atoms with E-state index >= 15 is 0 Å². The van der Waals surface area contributed by atoms with E-state index in [1.165, 1.54) is 23.6 Å². The fourth-order valence-electron chi connectivity index (χ4n) is 2.79. The summed E-state index contributed by atoms with van der Waals surface area (Å²) < 4.78 is 16.1. The molecule has 2 heterocycles. The van der Waals surface area contributed by atoms with Gasteiger partial charge in [0.1, 0.15) is 29.5 Å². The minimum absolute atomic E-state index is 0.0984. The van der Waals surface area contributed by atoms with E-state index in [-0.39, 0.29) is 17.9 Å². The molecular weight excluding hydrogens is 342 g/mol. The zero-order valence-electron chi connectivity index (χ0n) is 14.0. The summed E-state index contributed by atoms with van der Waals surface area (Å²) in [5.74, 6) is 1.16. The van der Waals surface area contributed by atoms with Crippen LogP contribution in [0.1, 0.15) is 23.6 Å². The first-order valence-electron chi connectivity index (χ1n) is 7.84. The number of methoxy groups -OCH3 is 1. The summed E-state index contributed by atoms with van der Waals surface area (Å²) in [6.45, 7) is 1.55. The number of benzene rings is 1. The van der Waals surface area contributed by atoms with Crippen molar-refractivity contribution in [3.63, 3.8) is 0 Å². The molecule has 0 saturated carbocycles. The first-order chi connectivity index (χ1) is 12.1. The largest absolute Gasteiger partial charge is 0.496 e. The second kappa shape index (κ2) is 7.65. The summed E-state index contributed by atoms with van der Waals surface area (Å²) in [5.41, 5.74) is 0.779. The molecule has 132 valence electrons. The van der Waals surface area contributed by atoms with Crippen molar-refractivity contribution in [1.82, 2.24) is 4.90 Å². The third-order valence-electron chi connectivity index (χ3n) is 3.99. The van der Waals surface area contributed by atoms with Gasteiger partial charge < -0.3 is 18.8 Å². The Hall–Kier alpha value is -2.41. The Labute approximate surface area is 150 Å². The molecule has 2 aromatic rings.